The Hall–Kier alpha value is -2.58. The first-order chi connectivity index (χ1) is 11.3. The molecule has 1 aliphatic carbocycles. The predicted octanol–water partition coefficient (Wildman–Crippen LogP) is 3.14. The maximum absolute atomic E-state index is 12.2. The molecule has 0 spiro atoms. The predicted molar refractivity (Wildman–Crippen MR) is 86.5 cm³/mol. The first-order valence-corrected chi connectivity index (χ1v) is 7.81. The van der Waals surface area contributed by atoms with Crippen LogP contribution in [0.4, 0.5) is 5.69 Å². The zero-order valence-corrected chi connectivity index (χ0v) is 12.9. The summed E-state index contributed by atoms with van der Waals surface area (Å²) < 4.78 is 5.40. The first-order valence-electron chi connectivity index (χ1n) is 7.81. The lowest BCUT2D eigenvalue weighted by Gasteiger charge is -2.20. The van der Waals surface area contributed by atoms with Crippen LogP contribution in [-0.2, 0) is 11.3 Å². The van der Waals surface area contributed by atoms with Crippen LogP contribution in [0, 0.1) is 11.3 Å². The molecule has 1 aliphatic rings. The van der Waals surface area contributed by atoms with Gasteiger partial charge in [-0.15, -0.1) is 0 Å². The number of anilines is 1. The molecule has 1 aromatic carbocycles. The highest BCUT2D eigenvalue weighted by atomic mass is 16.3. The summed E-state index contributed by atoms with van der Waals surface area (Å²) in [4.78, 5) is 14.4. The number of amides is 1. The monoisotopic (exact) mass is 309 g/mol. The second-order valence-electron chi connectivity index (χ2n) is 5.74. The van der Waals surface area contributed by atoms with Crippen molar-refractivity contribution in [3.63, 3.8) is 0 Å². The van der Waals surface area contributed by atoms with Crippen molar-refractivity contribution in [2.75, 3.05) is 11.9 Å². The van der Waals surface area contributed by atoms with Crippen LogP contribution in [0.1, 0.15) is 30.6 Å². The molecule has 0 radical (unpaired) electrons. The van der Waals surface area contributed by atoms with Gasteiger partial charge in [0.1, 0.15) is 11.8 Å². The fraction of sp³-hybridized carbons (Fsp3) is 0.333. The molecule has 1 heterocycles. The average molecular weight is 309 g/mol. The topological polar surface area (TPSA) is 69.3 Å². The smallest absolute Gasteiger partial charge is 0.225 e. The Kier molecular flexibility index (Phi) is 4.74. The van der Waals surface area contributed by atoms with E-state index in [4.69, 9.17) is 9.68 Å². The van der Waals surface area contributed by atoms with Crippen LogP contribution >= 0.6 is 0 Å². The van der Waals surface area contributed by atoms with E-state index in [9.17, 15) is 4.79 Å². The normalized spacial score (nSPS) is 13.7. The average Bonchev–Trinajstić information content (AvgIpc) is 3.29. The summed E-state index contributed by atoms with van der Waals surface area (Å²) in [5.74, 6) is 0.852. The Morgan fingerprint density at radius 1 is 1.30 bits per heavy atom. The SMILES string of the molecule is N#Cc1ccccc1NC(=O)CCN(Cc1ccco1)C1CC1. The lowest BCUT2D eigenvalue weighted by molar-refractivity contribution is -0.116. The Bertz CT molecular complexity index is 699. The third kappa shape index (κ3) is 4.21. The number of furan rings is 1. The summed E-state index contributed by atoms with van der Waals surface area (Å²) in [5, 5.41) is 11.9. The highest BCUT2D eigenvalue weighted by Gasteiger charge is 2.29. The van der Waals surface area contributed by atoms with Crippen molar-refractivity contribution in [3.8, 4) is 6.07 Å². The molecule has 118 valence electrons. The van der Waals surface area contributed by atoms with Crippen LogP contribution < -0.4 is 5.32 Å². The van der Waals surface area contributed by atoms with Gasteiger partial charge in [0.25, 0.3) is 0 Å². The molecular weight excluding hydrogens is 290 g/mol. The van der Waals surface area contributed by atoms with E-state index < -0.39 is 0 Å². The molecule has 0 unspecified atom stereocenters. The minimum Gasteiger partial charge on any atom is -0.468 e. The first kappa shape index (κ1) is 15.3. The van der Waals surface area contributed by atoms with Gasteiger partial charge in [-0.05, 0) is 37.1 Å². The number of nitrogens with zero attached hydrogens (tertiary/aromatic N) is 2. The fourth-order valence-electron chi connectivity index (χ4n) is 2.58. The number of rotatable bonds is 7. The zero-order chi connectivity index (χ0) is 16.1. The molecule has 1 N–H and O–H groups in total. The van der Waals surface area contributed by atoms with Gasteiger partial charge in [-0.3, -0.25) is 9.69 Å². The van der Waals surface area contributed by atoms with E-state index in [1.807, 2.05) is 18.2 Å². The van der Waals surface area contributed by atoms with E-state index in [0.29, 0.717) is 30.3 Å². The number of para-hydroxylation sites is 1. The third-order valence-corrected chi connectivity index (χ3v) is 3.95. The number of hydrogen-bond donors (Lipinski definition) is 1. The van der Waals surface area contributed by atoms with E-state index in [2.05, 4.69) is 16.3 Å². The van der Waals surface area contributed by atoms with E-state index in [0.717, 1.165) is 12.3 Å². The van der Waals surface area contributed by atoms with Gasteiger partial charge in [-0.1, -0.05) is 12.1 Å². The molecule has 0 atom stereocenters. The van der Waals surface area contributed by atoms with Crippen LogP contribution in [0.3, 0.4) is 0 Å². The third-order valence-electron chi connectivity index (χ3n) is 3.95. The van der Waals surface area contributed by atoms with Crippen LogP contribution in [0.5, 0.6) is 0 Å². The van der Waals surface area contributed by atoms with E-state index >= 15 is 0 Å². The zero-order valence-electron chi connectivity index (χ0n) is 12.9. The van der Waals surface area contributed by atoms with Crippen molar-refractivity contribution in [3.05, 3.63) is 54.0 Å². The lowest BCUT2D eigenvalue weighted by Crippen LogP contribution is -2.29. The lowest BCUT2D eigenvalue weighted by atomic mass is 10.2. The molecule has 1 aromatic heterocycles. The number of carbonyl (C=O) groups excluding carboxylic acids is 1. The minimum atomic E-state index is -0.0715. The maximum atomic E-state index is 12.2. The number of nitrogens with one attached hydrogen (secondary N) is 1. The van der Waals surface area contributed by atoms with Gasteiger partial charge in [-0.25, -0.2) is 0 Å². The van der Waals surface area contributed by atoms with Crippen LogP contribution in [0.25, 0.3) is 0 Å². The molecule has 23 heavy (non-hydrogen) atoms. The summed E-state index contributed by atoms with van der Waals surface area (Å²) in [7, 11) is 0. The molecule has 3 rings (SSSR count). The van der Waals surface area contributed by atoms with E-state index in [-0.39, 0.29) is 5.91 Å². The minimum absolute atomic E-state index is 0.0715. The van der Waals surface area contributed by atoms with Crippen molar-refractivity contribution in [1.82, 2.24) is 4.90 Å². The summed E-state index contributed by atoms with van der Waals surface area (Å²) >= 11 is 0. The molecule has 5 heteroatoms. The molecular formula is C18H19N3O2. The molecule has 1 fully saturated rings. The molecule has 2 aromatic rings. The van der Waals surface area contributed by atoms with E-state index in [1.54, 1.807) is 24.5 Å². The Morgan fingerprint density at radius 3 is 2.83 bits per heavy atom. The highest BCUT2D eigenvalue weighted by Crippen LogP contribution is 2.28. The number of benzene rings is 1. The van der Waals surface area contributed by atoms with Gasteiger partial charge in [0.05, 0.1) is 24.1 Å². The number of carbonyl (C=O) groups is 1. The van der Waals surface area contributed by atoms with Gasteiger partial charge in [0.2, 0.25) is 5.91 Å². The number of nitriles is 1. The molecule has 1 amide bonds. The molecule has 0 saturated heterocycles. The molecule has 0 bridgehead atoms. The summed E-state index contributed by atoms with van der Waals surface area (Å²) in [6.07, 6.45) is 4.43. The van der Waals surface area contributed by atoms with Crippen molar-refractivity contribution < 1.29 is 9.21 Å². The standard InChI is InChI=1S/C18H19N3O2/c19-12-14-4-1-2-6-17(14)20-18(22)9-10-21(15-7-8-15)13-16-5-3-11-23-16/h1-6,11,15H,7-10,13H2,(H,20,22). The van der Waals surface area contributed by atoms with Crippen LogP contribution in [-0.4, -0.2) is 23.4 Å². The Labute approximate surface area is 135 Å². The van der Waals surface area contributed by atoms with E-state index in [1.165, 1.54) is 12.8 Å². The van der Waals surface area contributed by atoms with Crippen molar-refractivity contribution in [2.24, 2.45) is 0 Å². The molecule has 1 saturated carbocycles. The van der Waals surface area contributed by atoms with Gasteiger partial charge in [0, 0.05) is 19.0 Å². The largest absolute Gasteiger partial charge is 0.468 e. The van der Waals surface area contributed by atoms with Crippen molar-refractivity contribution in [1.29, 1.82) is 5.26 Å². The quantitative estimate of drug-likeness (QED) is 0.853. The van der Waals surface area contributed by atoms with Crippen LogP contribution in [0.15, 0.2) is 47.1 Å². The van der Waals surface area contributed by atoms with Gasteiger partial charge in [-0.2, -0.15) is 5.26 Å². The van der Waals surface area contributed by atoms with Gasteiger partial charge >= 0.3 is 0 Å². The second kappa shape index (κ2) is 7.12. The highest BCUT2D eigenvalue weighted by molar-refractivity contribution is 5.92. The Balaban J connectivity index is 1.54. The summed E-state index contributed by atoms with van der Waals surface area (Å²) in [6.45, 7) is 1.42. The van der Waals surface area contributed by atoms with Gasteiger partial charge < -0.3 is 9.73 Å². The second-order valence-corrected chi connectivity index (χ2v) is 5.74. The van der Waals surface area contributed by atoms with Crippen LogP contribution in [0.2, 0.25) is 0 Å². The Morgan fingerprint density at radius 2 is 2.13 bits per heavy atom. The number of hydrogen-bond acceptors (Lipinski definition) is 4. The van der Waals surface area contributed by atoms with Gasteiger partial charge in [0.15, 0.2) is 0 Å². The molecule has 5 nitrogen and oxygen atoms in total. The van der Waals surface area contributed by atoms with Crippen molar-refractivity contribution in [2.45, 2.75) is 31.8 Å². The summed E-state index contributed by atoms with van der Waals surface area (Å²) in [5.41, 5.74) is 1.06. The fourth-order valence-corrected chi connectivity index (χ4v) is 2.58. The maximum Gasteiger partial charge on any atom is 0.225 e. The van der Waals surface area contributed by atoms with Crippen molar-refractivity contribution >= 4 is 11.6 Å². The molecule has 0 aliphatic heterocycles. The summed E-state index contributed by atoms with van der Waals surface area (Å²) in [6, 6.07) is 13.5.